The fraction of sp³-hybridized carbons (Fsp3) is 0.333. The van der Waals surface area contributed by atoms with E-state index in [-0.39, 0.29) is 30.8 Å². The van der Waals surface area contributed by atoms with Gasteiger partial charge < -0.3 is 20.8 Å². The van der Waals surface area contributed by atoms with Crippen LogP contribution in [0.5, 0.6) is 5.75 Å². The van der Waals surface area contributed by atoms with E-state index in [1.165, 1.54) is 4.90 Å². The van der Waals surface area contributed by atoms with Gasteiger partial charge >= 0.3 is 5.97 Å². The Bertz CT molecular complexity index is 549. The fourth-order valence-corrected chi connectivity index (χ4v) is 2.03. The number of rotatable bonds is 2. The molecular formula is C12H13FN2O4. The number of hydrogen-bond acceptors (Lipinski definition) is 4. The van der Waals surface area contributed by atoms with Crippen molar-refractivity contribution < 1.29 is 24.2 Å². The van der Waals surface area contributed by atoms with Crippen LogP contribution in [0.4, 0.5) is 4.39 Å². The zero-order valence-electron chi connectivity index (χ0n) is 9.97. The minimum Gasteiger partial charge on any atom is -0.507 e. The van der Waals surface area contributed by atoms with Gasteiger partial charge in [0.2, 0.25) is 0 Å². The van der Waals surface area contributed by atoms with Gasteiger partial charge in [-0.05, 0) is 24.6 Å². The van der Waals surface area contributed by atoms with Gasteiger partial charge in [0.25, 0.3) is 5.91 Å². The van der Waals surface area contributed by atoms with Gasteiger partial charge in [0, 0.05) is 13.1 Å². The third kappa shape index (κ3) is 2.37. The topological polar surface area (TPSA) is 104 Å². The molecule has 1 unspecified atom stereocenters. The number of hydrogen-bond donors (Lipinski definition) is 3. The van der Waals surface area contributed by atoms with Crippen LogP contribution < -0.4 is 5.73 Å². The maximum atomic E-state index is 13.1. The maximum absolute atomic E-state index is 13.1. The van der Waals surface area contributed by atoms with E-state index in [4.69, 9.17) is 10.8 Å². The number of amides is 1. The van der Waals surface area contributed by atoms with E-state index < -0.39 is 23.2 Å². The quantitative estimate of drug-likeness (QED) is 0.708. The van der Waals surface area contributed by atoms with Crippen LogP contribution in [0.25, 0.3) is 0 Å². The van der Waals surface area contributed by atoms with Gasteiger partial charge in [0.15, 0.2) is 0 Å². The van der Waals surface area contributed by atoms with Gasteiger partial charge in [-0.2, -0.15) is 0 Å². The number of nitrogens with two attached hydrogens (primary N) is 1. The molecule has 0 spiro atoms. The first kappa shape index (κ1) is 13.3. The Morgan fingerprint density at radius 2 is 2.11 bits per heavy atom. The molecule has 2 rings (SSSR count). The maximum Gasteiger partial charge on any atom is 0.325 e. The van der Waals surface area contributed by atoms with Crippen molar-refractivity contribution in [1.82, 2.24) is 4.90 Å². The molecule has 19 heavy (non-hydrogen) atoms. The van der Waals surface area contributed by atoms with Crippen LogP contribution in [0.1, 0.15) is 16.8 Å². The number of aliphatic carboxylic acids is 1. The molecule has 0 aliphatic carbocycles. The number of carboxylic acids is 1. The third-order valence-electron chi connectivity index (χ3n) is 3.20. The second-order valence-corrected chi connectivity index (χ2v) is 4.60. The molecule has 0 aromatic heterocycles. The summed E-state index contributed by atoms with van der Waals surface area (Å²) in [6.45, 7) is -0.0191. The van der Waals surface area contributed by atoms with Gasteiger partial charge in [-0.3, -0.25) is 9.59 Å². The Labute approximate surface area is 108 Å². The number of carbonyl (C=O) groups is 2. The summed E-state index contributed by atoms with van der Waals surface area (Å²) in [5, 5.41) is 18.5. The lowest BCUT2D eigenvalue weighted by atomic mass is 10.0. The van der Waals surface area contributed by atoms with E-state index in [2.05, 4.69) is 0 Å². The lowest BCUT2D eigenvalue weighted by Crippen LogP contribution is -2.50. The number of aromatic hydroxyl groups is 1. The van der Waals surface area contributed by atoms with E-state index >= 15 is 0 Å². The Morgan fingerprint density at radius 3 is 2.68 bits per heavy atom. The summed E-state index contributed by atoms with van der Waals surface area (Å²) in [7, 11) is 0. The van der Waals surface area contributed by atoms with Crippen molar-refractivity contribution in [2.45, 2.75) is 12.0 Å². The zero-order valence-corrected chi connectivity index (χ0v) is 9.97. The number of likely N-dealkylation sites (tertiary alicyclic amines) is 1. The second kappa shape index (κ2) is 4.51. The molecular weight excluding hydrogens is 255 g/mol. The zero-order chi connectivity index (χ0) is 14.2. The SMILES string of the molecule is NC1(C(=O)O)CCN(C(=O)c2cc(F)ccc2O)C1. The summed E-state index contributed by atoms with van der Waals surface area (Å²) in [4.78, 5) is 24.3. The van der Waals surface area contributed by atoms with E-state index in [0.29, 0.717) is 0 Å². The molecule has 1 aliphatic rings. The molecule has 1 aromatic rings. The summed E-state index contributed by atoms with van der Waals surface area (Å²) in [5.74, 6) is -2.83. The van der Waals surface area contributed by atoms with Crippen molar-refractivity contribution in [3.63, 3.8) is 0 Å². The summed E-state index contributed by atoms with van der Waals surface area (Å²) in [5.41, 5.74) is 3.96. The summed E-state index contributed by atoms with van der Waals surface area (Å²) < 4.78 is 13.1. The van der Waals surface area contributed by atoms with Crippen molar-refractivity contribution in [1.29, 1.82) is 0 Å². The van der Waals surface area contributed by atoms with Crippen LogP contribution in [-0.2, 0) is 4.79 Å². The van der Waals surface area contributed by atoms with Gasteiger partial charge in [0.05, 0.1) is 5.56 Å². The second-order valence-electron chi connectivity index (χ2n) is 4.60. The number of phenols is 1. The average Bonchev–Trinajstić information content (AvgIpc) is 2.76. The molecule has 1 amide bonds. The minimum absolute atomic E-state index is 0.115. The Hall–Kier alpha value is -2.15. The molecule has 1 atom stereocenters. The van der Waals surface area contributed by atoms with Gasteiger partial charge in [-0.1, -0.05) is 0 Å². The van der Waals surface area contributed by atoms with Crippen molar-refractivity contribution in [3.05, 3.63) is 29.6 Å². The number of halogens is 1. The molecule has 1 aromatic carbocycles. The Morgan fingerprint density at radius 1 is 1.42 bits per heavy atom. The van der Waals surface area contributed by atoms with Crippen molar-refractivity contribution in [2.24, 2.45) is 5.73 Å². The predicted octanol–water partition coefficient (Wildman–Crippen LogP) is 0.159. The lowest BCUT2D eigenvalue weighted by Gasteiger charge is -2.20. The van der Waals surface area contributed by atoms with Gasteiger partial charge in [-0.25, -0.2) is 4.39 Å². The molecule has 0 bridgehead atoms. The first-order valence-electron chi connectivity index (χ1n) is 5.63. The molecule has 1 heterocycles. The molecule has 1 fully saturated rings. The minimum atomic E-state index is -1.49. The highest BCUT2D eigenvalue weighted by Gasteiger charge is 2.43. The number of carbonyl (C=O) groups excluding carboxylic acids is 1. The van der Waals surface area contributed by atoms with Crippen molar-refractivity contribution in [2.75, 3.05) is 13.1 Å². The van der Waals surface area contributed by atoms with Gasteiger partial charge in [0.1, 0.15) is 17.1 Å². The van der Waals surface area contributed by atoms with Crippen LogP contribution in [0, 0.1) is 5.82 Å². The molecule has 4 N–H and O–H groups in total. The van der Waals surface area contributed by atoms with Crippen LogP contribution in [0.3, 0.4) is 0 Å². The van der Waals surface area contributed by atoms with Crippen LogP contribution in [0.2, 0.25) is 0 Å². The average molecular weight is 268 g/mol. The summed E-state index contributed by atoms with van der Waals surface area (Å²) in [6.07, 6.45) is 0.115. The van der Waals surface area contributed by atoms with Crippen LogP contribution >= 0.6 is 0 Å². The van der Waals surface area contributed by atoms with E-state index in [0.717, 1.165) is 18.2 Å². The van der Waals surface area contributed by atoms with E-state index in [1.54, 1.807) is 0 Å². The highest BCUT2D eigenvalue weighted by atomic mass is 19.1. The summed E-state index contributed by atoms with van der Waals surface area (Å²) >= 11 is 0. The molecule has 102 valence electrons. The van der Waals surface area contributed by atoms with E-state index in [9.17, 15) is 19.1 Å². The predicted molar refractivity (Wildman–Crippen MR) is 63.1 cm³/mol. The molecule has 6 nitrogen and oxygen atoms in total. The number of benzene rings is 1. The number of phenolic OH excluding ortho intramolecular Hbond substituents is 1. The normalized spacial score (nSPS) is 22.5. The lowest BCUT2D eigenvalue weighted by molar-refractivity contribution is -0.142. The number of nitrogens with zero attached hydrogens (tertiary/aromatic N) is 1. The first-order chi connectivity index (χ1) is 8.83. The smallest absolute Gasteiger partial charge is 0.325 e. The van der Waals surface area contributed by atoms with E-state index in [1.807, 2.05) is 0 Å². The van der Waals surface area contributed by atoms with Crippen molar-refractivity contribution >= 4 is 11.9 Å². The highest BCUT2D eigenvalue weighted by molar-refractivity contribution is 5.97. The monoisotopic (exact) mass is 268 g/mol. The first-order valence-corrected chi connectivity index (χ1v) is 5.63. The highest BCUT2D eigenvalue weighted by Crippen LogP contribution is 2.25. The summed E-state index contributed by atoms with van der Waals surface area (Å²) in [6, 6.07) is 3.01. The standard InChI is InChI=1S/C12H13FN2O4/c13-7-1-2-9(16)8(5-7)10(17)15-4-3-12(14,6-15)11(18)19/h1-2,5,16H,3-4,6,14H2,(H,18,19). The molecule has 0 saturated carbocycles. The van der Waals surface area contributed by atoms with Crippen LogP contribution in [0.15, 0.2) is 18.2 Å². The Balaban J connectivity index is 2.22. The Kier molecular flexibility index (Phi) is 3.15. The molecule has 7 heteroatoms. The fourth-order valence-electron chi connectivity index (χ4n) is 2.03. The van der Waals surface area contributed by atoms with Crippen molar-refractivity contribution in [3.8, 4) is 5.75 Å². The number of carboxylic acid groups (broad SMARTS) is 1. The molecule has 1 saturated heterocycles. The third-order valence-corrected chi connectivity index (χ3v) is 3.20. The van der Waals surface area contributed by atoms with Gasteiger partial charge in [-0.15, -0.1) is 0 Å². The van der Waals surface area contributed by atoms with Crippen LogP contribution in [-0.4, -0.2) is 45.6 Å². The largest absolute Gasteiger partial charge is 0.507 e. The molecule has 1 aliphatic heterocycles. The molecule has 0 radical (unpaired) electrons.